The third-order valence-electron chi connectivity index (χ3n) is 4.05. The van der Waals surface area contributed by atoms with Gasteiger partial charge in [-0.05, 0) is 31.2 Å². The van der Waals surface area contributed by atoms with Crippen molar-refractivity contribution in [1.29, 1.82) is 0 Å². The zero-order valence-electron chi connectivity index (χ0n) is 11.2. The molecule has 0 radical (unpaired) electrons. The Hall–Kier alpha value is -0.570. The highest BCUT2D eigenvalue weighted by atomic mass is 16.2. The minimum atomic E-state index is 0.327. The van der Waals surface area contributed by atoms with Gasteiger partial charge in [-0.15, -0.1) is 0 Å². The van der Waals surface area contributed by atoms with E-state index in [2.05, 4.69) is 17.1 Å². The van der Waals surface area contributed by atoms with Crippen LogP contribution in [0.1, 0.15) is 46.0 Å². The summed E-state index contributed by atoms with van der Waals surface area (Å²) < 4.78 is 0. The number of hydrogen-bond donors (Lipinski definition) is 1. The van der Waals surface area contributed by atoms with E-state index in [0.717, 1.165) is 31.5 Å². The molecule has 1 amide bonds. The number of carbonyl (C=O) groups excluding carboxylic acids is 1. The van der Waals surface area contributed by atoms with Crippen molar-refractivity contribution in [3.05, 3.63) is 0 Å². The van der Waals surface area contributed by atoms with Crippen molar-refractivity contribution in [3.63, 3.8) is 0 Å². The lowest BCUT2D eigenvalue weighted by molar-refractivity contribution is -0.133. The Balaban J connectivity index is 1.90. The molecule has 1 saturated heterocycles. The van der Waals surface area contributed by atoms with Crippen molar-refractivity contribution < 1.29 is 4.79 Å². The molecule has 0 bridgehead atoms. The summed E-state index contributed by atoms with van der Waals surface area (Å²) in [5.41, 5.74) is 0. The molecule has 3 nitrogen and oxygen atoms in total. The van der Waals surface area contributed by atoms with E-state index >= 15 is 0 Å². The third kappa shape index (κ3) is 3.70. The average molecular weight is 238 g/mol. The fraction of sp³-hybridized carbons (Fsp3) is 0.929. The Morgan fingerprint density at radius 1 is 1.24 bits per heavy atom. The minimum Gasteiger partial charge on any atom is -0.341 e. The SMILES string of the molecule is CCNC1CC(CC2CC2)CN(C(=O)CC)C1. The second-order valence-corrected chi connectivity index (χ2v) is 5.69. The Morgan fingerprint density at radius 3 is 2.59 bits per heavy atom. The monoisotopic (exact) mass is 238 g/mol. The molecule has 1 aliphatic heterocycles. The maximum Gasteiger partial charge on any atom is 0.222 e. The van der Waals surface area contributed by atoms with Gasteiger partial charge < -0.3 is 10.2 Å². The van der Waals surface area contributed by atoms with Crippen molar-refractivity contribution in [2.45, 2.75) is 52.0 Å². The molecule has 2 unspecified atom stereocenters. The zero-order valence-corrected chi connectivity index (χ0v) is 11.2. The summed E-state index contributed by atoms with van der Waals surface area (Å²) in [4.78, 5) is 13.9. The fourth-order valence-corrected chi connectivity index (χ4v) is 3.06. The lowest BCUT2D eigenvalue weighted by atomic mass is 9.89. The quantitative estimate of drug-likeness (QED) is 0.795. The van der Waals surface area contributed by atoms with Crippen LogP contribution >= 0.6 is 0 Å². The molecule has 0 aromatic carbocycles. The maximum atomic E-state index is 11.9. The smallest absolute Gasteiger partial charge is 0.222 e. The van der Waals surface area contributed by atoms with Gasteiger partial charge in [0.1, 0.15) is 0 Å². The lowest BCUT2D eigenvalue weighted by Gasteiger charge is -2.38. The van der Waals surface area contributed by atoms with Crippen molar-refractivity contribution in [2.24, 2.45) is 11.8 Å². The number of rotatable bonds is 5. The molecule has 98 valence electrons. The molecule has 0 spiro atoms. The number of piperidine rings is 1. The van der Waals surface area contributed by atoms with Gasteiger partial charge in [0.05, 0.1) is 0 Å². The van der Waals surface area contributed by atoms with Crippen molar-refractivity contribution in [2.75, 3.05) is 19.6 Å². The number of likely N-dealkylation sites (tertiary alicyclic amines) is 1. The first kappa shape index (κ1) is 12.9. The summed E-state index contributed by atoms with van der Waals surface area (Å²) in [6.07, 6.45) is 6.09. The van der Waals surface area contributed by atoms with Crippen molar-refractivity contribution in [3.8, 4) is 0 Å². The van der Waals surface area contributed by atoms with Crippen LogP contribution < -0.4 is 5.32 Å². The first-order valence-electron chi connectivity index (χ1n) is 7.24. The molecule has 3 heteroatoms. The summed E-state index contributed by atoms with van der Waals surface area (Å²) >= 11 is 0. The molecule has 1 N–H and O–H groups in total. The number of hydrogen-bond acceptors (Lipinski definition) is 2. The summed E-state index contributed by atoms with van der Waals surface area (Å²) in [6, 6.07) is 0.521. The van der Waals surface area contributed by atoms with Gasteiger partial charge in [-0.2, -0.15) is 0 Å². The van der Waals surface area contributed by atoms with E-state index < -0.39 is 0 Å². The predicted molar refractivity (Wildman–Crippen MR) is 69.8 cm³/mol. The van der Waals surface area contributed by atoms with E-state index in [0.29, 0.717) is 18.4 Å². The largest absolute Gasteiger partial charge is 0.341 e. The molecule has 0 aromatic rings. The van der Waals surface area contributed by atoms with Gasteiger partial charge in [0, 0.05) is 25.6 Å². The molecule has 2 rings (SSSR count). The van der Waals surface area contributed by atoms with E-state index in [-0.39, 0.29) is 0 Å². The van der Waals surface area contributed by atoms with E-state index in [1.807, 2.05) is 6.92 Å². The van der Waals surface area contributed by atoms with Crippen LogP contribution in [0.4, 0.5) is 0 Å². The van der Waals surface area contributed by atoms with Crippen LogP contribution in [0.3, 0.4) is 0 Å². The van der Waals surface area contributed by atoms with Gasteiger partial charge in [-0.1, -0.05) is 26.7 Å². The van der Waals surface area contributed by atoms with E-state index in [1.165, 1.54) is 25.7 Å². The van der Waals surface area contributed by atoms with Gasteiger partial charge in [0.15, 0.2) is 0 Å². The normalized spacial score (nSPS) is 29.4. The van der Waals surface area contributed by atoms with E-state index in [4.69, 9.17) is 0 Å². The topological polar surface area (TPSA) is 32.3 Å². The van der Waals surface area contributed by atoms with Crippen LogP contribution in [0, 0.1) is 11.8 Å². The minimum absolute atomic E-state index is 0.327. The van der Waals surface area contributed by atoms with Crippen LogP contribution in [-0.4, -0.2) is 36.5 Å². The second kappa shape index (κ2) is 5.85. The number of amides is 1. The lowest BCUT2D eigenvalue weighted by Crippen LogP contribution is -2.51. The first-order valence-corrected chi connectivity index (χ1v) is 7.24. The summed E-state index contributed by atoms with van der Waals surface area (Å²) in [5, 5.41) is 3.52. The molecular weight excluding hydrogens is 212 g/mol. The number of likely N-dealkylation sites (N-methyl/N-ethyl adjacent to an activating group) is 1. The van der Waals surface area contributed by atoms with Crippen LogP contribution in [0.15, 0.2) is 0 Å². The van der Waals surface area contributed by atoms with Crippen LogP contribution in [0.2, 0.25) is 0 Å². The van der Waals surface area contributed by atoms with Crippen LogP contribution in [0.5, 0.6) is 0 Å². The summed E-state index contributed by atoms with van der Waals surface area (Å²) in [5.74, 6) is 2.03. The second-order valence-electron chi connectivity index (χ2n) is 5.69. The Labute approximate surface area is 105 Å². The molecule has 2 aliphatic rings. The predicted octanol–water partition coefficient (Wildman–Crippen LogP) is 2.02. The molecule has 17 heavy (non-hydrogen) atoms. The van der Waals surface area contributed by atoms with Gasteiger partial charge in [0.25, 0.3) is 0 Å². The van der Waals surface area contributed by atoms with Crippen molar-refractivity contribution >= 4 is 5.91 Å². The van der Waals surface area contributed by atoms with Crippen LogP contribution in [0.25, 0.3) is 0 Å². The first-order chi connectivity index (χ1) is 8.22. The third-order valence-corrected chi connectivity index (χ3v) is 4.05. The van der Waals surface area contributed by atoms with Gasteiger partial charge in [0.2, 0.25) is 5.91 Å². The Morgan fingerprint density at radius 2 is 2.00 bits per heavy atom. The molecule has 2 atom stereocenters. The molecular formula is C14H26N2O. The molecule has 0 aromatic heterocycles. The summed E-state index contributed by atoms with van der Waals surface area (Å²) in [6.45, 7) is 7.05. The highest BCUT2D eigenvalue weighted by Crippen LogP contribution is 2.37. The molecule has 1 heterocycles. The van der Waals surface area contributed by atoms with Gasteiger partial charge in [-0.25, -0.2) is 0 Å². The Kier molecular flexibility index (Phi) is 4.43. The van der Waals surface area contributed by atoms with Gasteiger partial charge in [-0.3, -0.25) is 4.79 Å². The fourth-order valence-electron chi connectivity index (χ4n) is 3.06. The number of nitrogens with zero attached hydrogens (tertiary/aromatic N) is 1. The molecule has 1 aliphatic carbocycles. The Bertz CT molecular complexity index is 263. The van der Waals surface area contributed by atoms with Gasteiger partial charge >= 0.3 is 0 Å². The van der Waals surface area contributed by atoms with Crippen molar-refractivity contribution in [1.82, 2.24) is 10.2 Å². The van der Waals surface area contributed by atoms with E-state index in [9.17, 15) is 4.79 Å². The zero-order chi connectivity index (χ0) is 12.3. The number of nitrogens with one attached hydrogen (secondary N) is 1. The highest BCUT2D eigenvalue weighted by molar-refractivity contribution is 5.76. The average Bonchev–Trinajstić information content (AvgIpc) is 3.12. The highest BCUT2D eigenvalue weighted by Gasteiger charge is 2.32. The van der Waals surface area contributed by atoms with Crippen LogP contribution in [-0.2, 0) is 4.79 Å². The number of carbonyl (C=O) groups is 1. The molecule has 1 saturated carbocycles. The summed E-state index contributed by atoms with van der Waals surface area (Å²) in [7, 11) is 0. The van der Waals surface area contributed by atoms with E-state index in [1.54, 1.807) is 0 Å². The standard InChI is InChI=1S/C14H26N2O/c1-3-14(17)16-9-12(7-11-5-6-11)8-13(10-16)15-4-2/h11-13,15H,3-10H2,1-2H3. The molecule has 2 fully saturated rings. The maximum absolute atomic E-state index is 11.9.